The highest BCUT2D eigenvalue weighted by Crippen LogP contribution is 2.23. The molecule has 0 bridgehead atoms. The smallest absolute Gasteiger partial charge is 0.258 e. The van der Waals surface area contributed by atoms with Gasteiger partial charge in [0.15, 0.2) is 0 Å². The summed E-state index contributed by atoms with van der Waals surface area (Å²) in [7, 11) is 0. The lowest BCUT2D eigenvalue weighted by Crippen LogP contribution is -2.37. The summed E-state index contributed by atoms with van der Waals surface area (Å²) < 4.78 is 13.7. The van der Waals surface area contributed by atoms with E-state index in [0.717, 1.165) is 19.3 Å². The van der Waals surface area contributed by atoms with Crippen LogP contribution in [0.1, 0.15) is 28.8 Å². The molecule has 2 heterocycles. The van der Waals surface area contributed by atoms with Gasteiger partial charge in [0.1, 0.15) is 0 Å². The number of benzene rings is 1. The maximum Gasteiger partial charge on any atom is 0.258 e. The van der Waals surface area contributed by atoms with Crippen molar-refractivity contribution in [2.45, 2.75) is 25.3 Å². The Balaban J connectivity index is 1.78. The Bertz CT molecular complexity index is 630. The van der Waals surface area contributed by atoms with Crippen molar-refractivity contribution in [3.63, 3.8) is 0 Å². The molecule has 0 saturated carbocycles. The molecule has 1 unspecified atom stereocenters. The third-order valence-electron chi connectivity index (χ3n) is 3.94. The Labute approximate surface area is 123 Å². The van der Waals surface area contributed by atoms with E-state index in [1.54, 1.807) is 11.0 Å². The second-order valence-corrected chi connectivity index (χ2v) is 5.33. The van der Waals surface area contributed by atoms with Gasteiger partial charge in [-0.05, 0) is 37.0 Å². The average Bonchev–Trinajstić information content (AvgIpc) is 2.96. The number of halogens is 1. The molecule has 1 aliphatic heterocycles. The largest absolute Gasteiger partial charge is 0.335 e. The van der Waals surface area contributed by atoms with Gasteiger partial charge >= 0.3 is 0 Å². The van der Waals surface area contributed by atoms with E-state index in [0.29, 0.717) is 6.54 Å². The van der Waals surface area contributed by atoms with E-state index in [1.807, 2.05) is 18.2 Å². The van der Waals surface area contributed by atoms with E-state index in [-0.39, 0.29) is 17.5 Å². The molecular formula is C17H17FN2O. The number of carbonyl (C=O) groups is 1. The SMILES string of the molecule is O=C(c1cccnc1F)N1CCCC1Cc1ccccc1. The van der Waals surface area contributed by atoms with E-state index >= 15 is 0 Å². The molecule has 0 N–H and O–H groups in total. The monoisotopic (exact) mass is 284 g/mol. The Morgan fingerprint density at radius 3 is 2.81 bits per heavy atom. The predicted molar refractivity (Wildman–Crippen MR) is 78.4 cm³/mol. The third-order valence-corrected chi connectivity index (χ3v) is 3.94. The zero-order valence-corrected chi connectivity index (χ0v) is 11.7. The summed E-state index contributed by atoms with van der Waals surface area (Å²) >= 11 is 0. The molecule has 0 aliphatic carbocycles. The topological polar surface area (TPSA) is 33.2 Å². The van der Waals surface area contributed by atoms with Crippen LogP contribution in [0.5, 0.6) is 0 Å². The summed E-state index contributed by atoms with van der Waals surface area (Å²) in [5, 5.41) is 0. The van der Waals surface area contributed by atoms with Crippen molar-refractivity contribution in [3.05, 3.63) is 65.7 Å². The Kier molecular flexibility index (Phi) is 3.95. The summed E-state index contributed by atoms with van der Waals surface area (Å²) in [6, 6.07) is 13.3. The number of rotatable bonds is 3. The first-order chi connectivity index (χ1) is 10.3. The second-order valence-electron chi connectivity index (χ2n) is 5.33. The molecule has 3 rings (SSSR count). The minimum Gasteiger partial charge on any atom is -0.335 e. The van der Waals surface area contributed by atoms with Crippen LogP contribution in [-0.2, 0) is 6.42 Å². The molecule has 1 fully saturated rings. The quantitative estimate of drug-likeness (QED) is 0.812. The van der Waals surface area contributed by atoms with Gasteiger partial charge in [0.25, 0.3) is 5.91 Å². The average molecular weight is 284 g/mol. The van der Waals surface area contributed by atoms with Crippen LogP contribution in [0.2, 0.25) is 0 Å². The maximum absolute atomic E-state index is 13.7. The van der Waals surface area contributed by atoms with Crippen LogP contribution in [0.4, 0.5) is 4.39 Å². The number of amides is 1. The first-order valence-corrected chi connectivity index (χ1v) is 7.21. The molecule has 1 aromatic carbocycles. The zero-order valence-electron chi connectivity index (χ0n) is 11.7. The molecule has 0 radical (unpaired) electrons. The number of carbonyl (C=O) groups excluding carboxylic acids is 1. The summed E-state index contributed by atoms with van der Waals surface area (Å²) in [5.74, 6) is -0.938. The number of hydrogen-bond acceptors (Lipinski definition) is 2. The molecule has 1 atom stereocenters. The highest BCUT2D eigenvalue weighted by Gasteiger charge is 2.30. The van der Waals surface area contributed by atoms with Gasteiger partial charge in [-0.15, -0.1) is 0 Å². The van der Waals surface area contributed by atoms with Crippen LogP contribution in [0, 0.1) is 5.95 Å². The van der Waals surface area contributed by atoms with Gasteiger partial charge in [-0.1, -0.05) is 30.3 Å². The van der Waals surface area contributed by atoms with Crippen molar-refractivity contribution in [2.75, 3.05) is 6.54 Å². The minimum atomic E-state index is -0.687. The van der Waals surface area contributed by atoms with E-state index in [4.69, 9.17) is 0 Å². The van der Waals surface area contributed by atoms with E-state index < -0.39 is 5.95 Å². The summed E-state index contributed by atoms with van der Waals surface area (Å²) in [5.41, 5.74) is 1.27. The van der Waals surface area contributed by atoms with Gasteiger partial charge in [-0.2, -0.15) is 4.39 Å². The highest BCUT2D eigenvalue weighted by molar-refractivity contribution is 5.94. The number of pyridine rings is 1. The summed E-state index contributed by atoms with van der Waals surface area (Å²) in [4.78, 5) is 17.9. The van der Waals surface area contributed by atoms with E-state index in [1.165, 1.54) is 17.8 Å². The third kappa shape index (κ3) is 2.94. The summed E-state index contributed by atoms with van der Waals surface area (Å²) in [6.07, 6.45) is 4.10. The summed E-state index contributed by atoms with van der Waals surface area (Å²) in [6.45, 7) is 0.685. The zero-order chi connectivity index (χ0) is 14.7. The van der Waals surface area contributed by atoms with Crippen LogP contribution in [0.3, 0.4) is 0 Å². The normalized spacial score (nSPS) is 18.0. The highest BCUT2D eigenvalue weighted by atomic mass is 19.1. The standard InChI is InChI=1S/C17H17FN2O/c18-16-15(9-4-10-19-16)17(21)20-11-5-8-14(20)12-13-6-2-1-3-7-13/h1-4,6-7,9-10,14H,5,8,11-12H2. The van der Waals surface area contributed by atoms with Gasteiger partial charge in [0, 0.05) is 18.8 Å². The van der Waals surface area contributed by atoms with Crippen LogP contribution in [0.15, 0.2) is 48.7 Å². The van der Waals surface area contributed by atoms with Crippen molar-refractivity contribution >= 4 is 5.91 Å². The first kappa shape index (κ1) is 13.7. The molecule has 108 valence electrons. The Hall–Kier alpha value is -2.23. The van der Waals surface area contributed by atoms with Gasteiger partial charge in [-0.3, -0.25) is 4.79 Å². The van der Waals surface area contributed by atoms with Crippen molar-refractivity contribution in [2.24, 2.45) is 0 Å². The van der Waals surface area contributed by atoms with Gasteiger partial charge in [0.2, 0.25) is 5.95 Å². The number of nitrogens with zero attached hydrogens (tertiary/aromatic N) is 2. The van der Waals surface area contributed by atoms with Crippen LogP contribution >= 0.6 is 0 Å². The first-order valence-electron chi connectivity index (χ1n) is 7.21. The van der Waals surface area contributed by atoms with Crippen molar-refractivity contribution in [3.8, 4) is 0 Å². The van der Waals surface area contributed by atoms with Gasteiger partial charge < -0.3 is 4.90 Å². The van der Waals surface area contributed by atoms with Crippen LogP contribution < -0.4 is 0 Å². The molecule has 1 aliphatic rings. The van der Waals surface area contributed by atoms with E-state index in [9.17, 15) is 9.18 Å². The Morgan fingerprint density at radius 2 is 2.05 bits per heavy atom. The number of hydrogen-bond donors (Lipinski definition) is 0. The van der Waals surface area contributed by atoms with Crippen LogP contribution in [0.25, 0.3) is 0 Å². The molecule has 2 aromatic rings. The molecule has 0 spiro atoms. The van der Waals surface area contributed by atoms with E-state index in [2.05, 4.69) is 17.1 Å². The molecule has 21 heavy (non-hydrogen) atoms. The lowest BCUT2D eigenvalue weighted by Gasteiger charge is -2.25. The molecule has 1 aromatic heterocycles. The second kappa shape index (κ2) is 6.04. The van der Waals surface area contributed by atoms with Gasteiger partial charge in [-0.25, -0.2) is 4.98 Å². The molecular weight excluding hydrogens is 267 g/mol. The fourth-order valence-electron chi connectivity index (χ4n) is 2.90. The molecule has 1 saturated heterocycles. The molecule has 1 amide bonds. The van der Waals surface area contributed by atoms with Crippen LogP contribution in [-0.4, -0.2) is 28.4 Å². The van der Waals surface area contributed by atoms with Crippen molar-refractivity contribution < 1.29 is 9.18 Å². The van der Waals surface area contributed by atoms with Crippen molar-refractivity contribution in [1.82, 2.24) is 9.88 Å². The molecule has 3 nitrogen and oxygen atoms in total. The van der Waals surface area contributed by atoms with Crippen molar-refractivity contribution in [1.29, 1.82) is 0 Å². The fourth-order valence-corrected chi connectivity index (χ4v) is 2.90. The van der Waals surface area contributed by atoms with Gasteiger partial charge in [0.05, 0.1) is 5.56 Å². The number of likely N-dealkylation sites (tertiary alicyclic amines) is 1. The minimum absolute atomic E-state index is 0.0671. The molecule has 4 heteroatoms. The maximum atomic E-state index is 13.7. The Morgan fingerprint density at radius 1 is 1.24 bits per heavy atom. The number of aromatic nitrogens is 1. The predicted octanol–water partition coefficient (Wildman–Crippen LogP) is 3.07. The lowest BCUT2D eigenvalue weighted by molar-refractivity contribution is 0.0730. The lowest BCUT2D eigenvalue weighted by atomic mass is 10.0. The fraction of sp³-hybridized carbons (Fsp3) is 0.294.